The van der Waals surface area contributed by atoms with Gasteiger partial charge in [-0.2, -0.15) is 11.6 Å². The van der Waals surface area contributed by atoms with Gasteiger partial charge >= 0.3 is 18.9 Å². The Balaban J connectivity index is 0.00000169. The molecule has 0 radical (unpaired) electrons. The molecular formula is C22H29BLi-. The fourth-order valence-corrected chi connectivity index (χ4v) is 6.18. The van der Waals surface area contributed by atoms with E-state index in [1.165, 1.54) is 51.4 Å². The van der Waals surface area contributed by atoms with Crippen LogP contribution in [-0.2, 0) is 0 Å². The van der Waals surface area contributed by atoms with Crippen molar-refractivity contribution in [3.63, 3.8) is 0 Å². The maximum absolute atomic E-state index is 2.43. The van der Waals surface area contributed by atoms with E-state index in [2.05, 4.69) is 60.7 Å². The van der Waals surface area contributed by atoms with Crippen molar-refractivity contribution in [2.24, 2.45) is 0 Å². The second-order valence-corrected chi connectivity index (χ2v) is 7.91. The molecule has 0 bridgehead atoms. The minimum absolute atomic E-state index is 0. The summed E-state index contributed by atoms with van der Waals surface area (Å²) in [6.45, 7) is 0. The first-order chi connectivity index (χ1) is 11.4. The van der Waals surface area contributed by atoms with Gasteiger partial charge in [-0.15, -0.1) is 0 Å². The van der Waals surface area contributed by atoms with Crippen LogP contribution in [0.2, 0.25) is 11.6 Å². The minimum atomic E-state index is -0.622. The van der Waals surface area contributed by atoms with Crippen LogP contribution in [0.15, 0.2) is 60.7 Å². The van der Waals surface area contributed by atoms with E-state index in [1.807, 2.05) is 0 Å². The summed E-state index contributed by atoms with van der Waals surface area (Å²) < 4.78 is 0. The molecule has 122 valence electrons. The second-order valence-electron chi connectivity index (χ2n) is 7.91. The van der Waals surface area contributed by atoms with Gasteiger partial charge in [-0.05, 0) is 0 Å². The predicted octanol–water partition coefficient (Wildman–Crippen LogP) is 4.49. The van der Waals surface area contributed by atoms with E-state index >= 15 is 0 Å². The Morgan fingerprint density at radius 2 is 0.875 bits per heavy atom. The third kappa shape index (κ3) is 3.02. The van der Waals surface area contributed by atoms with Crippen LogP contribution in [-0.4, -0.2) is 25.0 Å². The van der Waals surface area contributed by atoms with E-state index in [0.717, 1.165) is 11.6 Å². The summed E-state index contributed by atoms with van der Waals surface area (Å²) in [7, 11) is 0. The molecule has 2 aromatic rings. The predicted molar refractivity (Wildman–Crippen MR) is 109 cm³/mol. The van der Waals surface area contributed by atoms with Gasteiger partial charge in [0.2, 0.25) is 0 Å². The maximum atomic E-state index is 2.43. The number of hydrogen-bond acceptors (Lipinski definition) is 0. The normalized spacial score (nSPS) is 19.3. The molecule has 24 heavy (non-hydrogen) atoms. The van der Waals surface area contributed by atoms with Crippen molar-refractivity contribution in [1.82, 2.24) is 0 Å². The largest absolute Gasteiger partial charge is 0.204 e. The van der Waals surface area contributed by atoms with Crippen molar-refractivity contribution < 1.29 is 0 Å². The van der Waals surface area contributed by atoms with Gasteiger partial charge in [0.1, 0.15) is 0 Å². The van der Waals surface area contributed by atoms with Crippen molar-refractivity contribution in [2.45, 2.75) is 63.0 Å². The van der Waals surface area contributed by atoms with Gasteiger partial charge in [0.15, 0.2) is 0 Å². The van der Waals surface area contributed by atoms with Crippen LogP contribution in [0.1, 0.15) is 51.4 Å². The monoisotopic (exact) mass is 311 g/mol. The quantitative estimate of drug-likeness (QED) is 0.730. The fraction of sp³-hybridized carbons (Fsp3) is 0.455. The molecule has 0 heterocycles. The van der Waals surface area contributed by atoms with Crippen LogP contribution in [0.25, 0.3) is 0 Å². The molecule has 0 saturated heterocycles. The van der Waals surface area contributed by atoms with E-state index in [1.54, 1.807) is 10.9 Å². The number of benzene rings is 2. The van der Waals surface area contributed by atoms with Crippen molar-refractivity contribution in [2.75, 3.05) is 0 Å². The van der Waals surface area contributed by atoms with Crippen LogP contribution >= 0.6 is 0 Å². The Hall–Kier alpha value is -0.898. The van der Waals surface area contributed by atoms with Crippen LogP contribution in [0.4, 0.5) is 0 Å². The van der Waals surface area contributed by atoms with Crippen molar-refractivity contribution in [3.8, 4) is 0 Å². The van der Waals surface area contributed by atoms with E-state index in [9.17, 15) is 0 Å². The summed E-state index contributed by atoms with van der Waals surface area (Å²) in [6.07, 6.45) is 10.8. The molecule has 0 atom stereocenters. The molecule has 0 nitrogen and oxygen atoms in total. The van der Waals surface area contributed by atoms with Gasteiger partial charge in [0.25, 0.3) is 0 Å². The van der Waals surface area contributed by atoms with Gasteiger partial charge < -0.3 is 0 Å². The zero-order valence-electron chi connectivity index (χ0n) is 14.2. The first kappa shape index (κ1) is 17.9. The molecule has 2 aliphatic carbocycles. The molecular weight excluding hydrogens is 282 g/mol. The Morgan fingerprint density at radius 1 is 0.542 bits per heavy atom. The fourth-order valence-electron chi connectivity index (χ4n) is 6.18. The van der Waals surface area contributed by atoms with Gasteiger partial charge in [0, 0.05) is 0 Å². The molecule has 0 spiro atoms. The molecule has 4 rings (SSSR count). The molecule has 2 fully saturated rings. The molecule has 2 aromatic carbocycles. The molecule has 0 amide bonds. The van der Waals surface area contributed by atoms with Gasteiger partial charge in [-0.3, -0.25) is 0 Å². The minimum Gasteiger partial charge on any atom is -0.204 e. The summed E-state index contributed by atoms with van der Waals surface area (Å²) in [4.78, 5) is 0. The average Bonchev–Trinajstić information content (AvgIpc) is 3.32. The summed E-state index contributed by atoms with van der Waals surface area (Å²) in [5.41, 5.74) is 3.27. The molecule has 0 unspecified atom stereocenters. The third-order valence-corrected chi connectivity index (χ3v) is 6.99. The Kier molecular flexibility index (Phi) is 5.96. The first-order valence-corrected chi connectivity index (χ1v) is 9.70. The molecule has 0 aromatic heterocycles. The molecule has 2 aliphatic rings. The van der Waals surface area contributed by atoms with Crippen LogP contribution in [0.3, 0.4) is 0 Å². The standard InChI is InChI=1S/C22H28B.Li.H/c1-3-11-19(12-4-1)23(21-15-7-8-16-21,22-17-9-10-18-22)20-13-5-2-6-14-20;;/h1-6,11-14,21-22H,7-10,15-18H2;;/q-1;;. The van der Waals surface area contributed by atoms with Crippen LogP contribution in [0, 0.1) is 0 Å². The van der Waals surface area contributed by atoms with E-state index in [0.29, 0.717) is 0 Å². The van der Waals surface area contributed by atoms with Gasteiger partial charge in [0.05, 0.1) is 6.15 Å². The summed E-state index contributed by atoms with van der Waals surface area (Å²) >= 11 is 0. The van der Waals surface area contributed by atoms with Gasteiger partial charge in [-0.1, -0.05) is 112 Å². The first-order valence-electron chi connectivity index (χ1n) is 9.70. The molecule has 0 N–H and O–H groups in total. The van der Waals surface area contributed by atoms with Crippen molar-refractivity contribution >= 4 is 35.9 Å². The van der Waals surface area contributed by atoms with E-state index in [4.69, 9.17) is 0 Å². The van der Waals surface area contributed by atoms with Crippen LogP contribution < -0.4 is 10.9 Å². The zero-order chi connectivity index (χ0) is 15.5. The smallest absolute Gasteiger partial charge is 0.0605 e. The average molecular weight is 311 g/mol. The zero-order valence-corrected chi connectivity index (χ0v) is 14.2. The molecule has 2 heteroatoms. The summed E-state index contributed by atoms with van der Waals surface area (Å²) in [5, 5.41) is 0. The summed E-state index contributed by atoms with van der Waals surface area (Å²) in [6, 6.07) is 23.1. The topological polar surface area (TPSA) is 0 Å². The van der Waals surface area contributed by atoms with Gasteiger partial charge in [-0.25, -0.2) is 10.9 Å². The Labute approximate surface area is 159 Å². The SMILES string of the molecule is [LiH].c1ccc([B-](c2ccccc2)(C2CCCC2)C2CCCC2)cc1. The van der Waals surface area contributed by atoms with E-state index in [-0.39, 0.29) is 18.9 Å². The molecule has 2 saturated carbocycles. The third-order valence-electron chi connectivity index (χ3n) is 6.99. The Morgan fingerprint density at radius 3 is 1.21 bits per heavy atom. The Bertz CT molecular complexity index is 555. The van der Waals surface area contributed by atoms with Crippen molar-refractivity contribution in [3.05, 3.63) is 60.7 Å². The molecule has 0 aliphatic heterocycles. The van der Waals surface area contributed by atoms with Crippen LogP contribution in [0.5, 0.6) is 0 Å². The number of rotatable bonds is 4. The second kappa shape index (κ2) is 7.99. The van der Waals surface area contributed by atoms with E-state index < -0.39 is 6.15 Å². The maximum Gasteiger partial charge on any atom is 0.0605 e. The number of hydrogen-bond donors (Lipinski definition) is 0. The van der Waals surface area contributed by atoms with Crippen molar-refractivity contribution in [1.29, 1.82) is 0 Å². The summed E-state index contributed by atoms with van der Waals surface area (Å²) in [5.74, 6) is 1.76.